The lowest BCUT2D eigenvalue weighted by Crippen LogP contribution is -2.51. The van der Waals surface area contributed by atoms with Gasteiger partial charge in [-0.05, 0) is 57.2 Å². The largest absolute Gasteiger partial charge is 0.355 e. The molecule has 0 fully saturated rings. The highest BCUT2D eigenvalue weighted by molar-refractivity contribution is 7.92. The third-order valence-corrected chi connectivity index (χ3v) is 9.29. The third-order valence-electron chi connectivity index (χ3n) is 6.00. The van der Waals surface area contributed by atoms with Gasteiger partial charge in [0.05, 0.1) is 20.6 Å². The molecule has 0 aliphatic heterocycles. The molecular weight excluding hydrogens is 604 g/mol. The first-order chi connectivity index (χ1) is 18.4. The molecule has 0 unspecified atom stereocenters. The zero-order chi connectivity index (χ0) is 28.9. The highest BCUT2D eigenvalue weighted by atomic mass is 35.5. The molecule has 7 nitrogen and oxygen atoms in total. The second-order valence-corrected chi connectivity index (χ2v) is 12.2. The number of nitrogens with one attached hydrogen (secondary N) is 1. The van der Waals surface area contributed by atoms with Gasteiger partial charge in [0.25, 0.3) is 10.0 Å². The van der Waals surface area contributed by atoms with Crippen LogP contribution in [0.4, 0.5) is 5.69 Å². The van der Waals surface area contributed by atoms with Gasteiger partial charge in [-0.2, -0.15) is 0 Å². The molecule has 3 rings (SSSR count). The molecule has 0 saturated carbocycles. The van der Waals surface area contributed by atoms with Gasteiger partial charge in [0.1, 0.15) is 12.6 Å². The fraction of sp³-hybridized carbons (Fsp3) is 0.259. The Labute approximate surface area is 248 Å². The second-order valence-electron chi connectivity index (χ2n) is 8.69. The summed E-state index contributed by atoms with van der Waals surface area (Å²) in [6.07, 6.45) is 0. The predicted octanol–water partition coefficient (Wildman–Crippen LogP) is 6.36. The number of amides is 2. The maximum Gasteiger partial charge on any atom is 0.264 e. The summed E-state index contributed by atoms with van der Waals surface area (Å²) in [5, 5.41) is 3.35. The molecule has 0 saturated heterocycles. The monoisotopic (exact) mass is 629 g/mol. The molecule has 12 heteroatoms. The van der Waals surface area contributed by atoms with Crippen LogP contribution >= 0.6 is 46.4 Å². The van der Waals surface area contributed by atoms with Crippen molar-refractivity contribution >= 4 is 73.9 Å². The summed E-state index contributed by atoms with van der Waals surface area (Å²) < 4.78 is 28.6. The van der Waals surface area contributed by atoms with Crippen molar-refractivity contribution in [2.75, 3.05) is 17.4 Å². The average Bonchev–Trinajstić information content (AvgIpc) is 2.89. The van der Waals surface area contributed by atoms with Gasteiger partial charge in [-0.1, -0.05) is 76.2 Å². The lowest BCUT2D eigenvalue weighted by Gasteiger charge is -2.32. The van der Waals surface area contributed by atoms with Crippen LogP contribution in [0.15, 0.2) is 65.6 Å². The van der Waals surface area contributed by atoms with Crippen molar-refractivity contribution in [3.8, 4) is 0 Å². The number of carbonyl (C=O) groups excluding carboxylic acids is 2. The smallest absolute Gasteiger partial charge is 0.264 e. The van der Waals surface area contributed by atoms with Gasteiger partial charge in [-0.15, -0.1) is 0 Å². The normalized spacial score (nSPS) is 12.1. The molecule has 3 aromatic carbocycles. The molecule has 39 heavy (non-hydrogen) atoms. The van der Waals surface area contributed by atoms with Crippen LogP contribution in [0.1, 0.15) is 25.0 Å². The first-order valence-electron chi connectivity index (χ1n) is 11.9. The maximum absolute atomic E-state index is 13.9. The molecule has 0 radical (unpaired) electrons. The molecule has 0 bridgehead atoms. The fourth-order valence-corrected chi connectivity index (χ4v) is 6.18. The van der Waals surface area contributed by atoms with Gasteiger partial charge in [-0.25, -0.2) is 8.42 Å². The summed E-state index contributed by atoms with van der Waals surface area (Å²) in [5.41, 5.74) is 1.29. The van der Waals surface area contributed by atoms with Crippen LogP contribution in [0.2, 0.25) is 20.1 Å². The minimum Gasteiger partial charge on any atom is -0.355 e. The number of hydrogen-bond donors (Lipinski definition) is 1. The van der Waals surface area contributed by atoms with Crippen LogP contribution in [-0.2, 0) is 26.2 Å². The number of rotatable bonds is 10. The topological polar surface area (TPSA) is 86.8 Å². The Morgan fingerprint density at radius 1 is 0.897 bits per heavy atom. The van der Waals surface area contributed by atoms with E-state index in [1.807, 2.05) is 6.92 Å². The summed E-state index contributed by atoms with van der Waals surface area (Å²) in [6.45, 7) is 4.63. The van der Waals surface area contributed by atoms with Gasteiger partial charge >= 0.3 is 0 Å². The minimum atomic E-state index is -4.29. The van der Waals surface area contributed by atoms with Crippen LogP contribution in [0.25, 0.3) is 0 Å². The summed E-state index contributed by atoms with van der Waals surface area (Å²) >= 11 is 25.4. The molecule has 0 aromatic heterocycles. The van der Waals surface area contributed by atoms with E-state index in [0.717, 1.165) is 9.87 Å². The molecule has 1 N–H and O–H groups in total. The lowest BCUT2D eigenvalue weighted by atomic mass is 10.1. The van der Waals surface area contributed by atoms with Crippen molar-refractivity contribution in [1.82, 2.24) is 10.2 Å². The van der Waals surface area contributed by atoms with Gasteiger partial charge in [-0.3, -0.25) is 13.9 Å². The molecule has 0 aliphatic rings. The van der Waals surface area contributed by atoms with E-state index in [0.29, 0.717) is 22.2 Å². The first kappa shape index (κ1) is 31.0. The molecule has 0 spiro atoms. The molecule has 1 atom stereocenters. The summed E-state index contributed by atoms with van der Waals surface area (Å²) in [6, 6.07) is 14.6. The molecule has 3 aromatic rings. The number of carbonyl (C=O) groups is 2. The SMILES string of the molecule is CCNC(=O)[C@H](C)N(Cc1c(Cl)cccc1Cl)C(=O)CN(c1cccc(Cl)c1Cl)S(=O)(=O)c1ccc(C)cc1. The Morgan fingerprint density at radius 2 is 1.46 bits per heavy atom. The van der Waals surface area contributed by atoms with Crippen LogP contribution < -0.4 is 9.62 Å². The van der Waals surface area contributed by atoms with Gasteiger partial charge < -0.3 is 10.2 Å². The van der Waals surface area contributed by atoms with Gasteiger partial charge in [0.2, 0.25) is 11.8 Å². The van der Waals surface area contributed by atoms with Crippen LogP contribution in [0, 0.1) is 6.92 Å². The summed E-state index contributed by atoms with van der Waals surface area (Å²) in [5.74, 6) is -1.11. The van der Waals surface area contributed by atoms with E-state index in [1.54, 1.807) is 44.2 Å². The van der Waals surface area contributed by atoms with E-state index in [4.69, 9.17) is 46.4 Å². The number of anilines is 1. The minimum absolute atomic E-state index is 0.0134. The Bertz CT molecular complexity index is 1450. The van der Waals surface area contributed by atoms with Crippen molar-refractivity contribution in [3.63, 3.8) is 0 Å². The van der Waals surface area contributed by atoms with E-state index in [9.17, 15) is 18.0 Å². The van der Waals surface area contributed by atoms with E-state index in [2.05, 4.69) is 5.32 Å². The van der Waals surface area contributed by atoms with E-state index in [-0.39, 0.29) is 27.2 Å². The maximum atomic E-state index is 13.9. The zero-order valence-corrected chi connectivity index (χ0v) is 25.3. The Kier molecular flexibility index (Phi) is 10.5. The summed E-state index contributed by atoms with van der Waals surface area (Å²) in [4.78, 5) is 27.9. The Balaban J connectivity index is 2.11. The molecule has 208 valence electrons. The number of benzene rings is 3. The standard InChI is InChI=1S/C27H27Cl4N3O4S/c1-4-32-27(36)18(3)33(15-20-21(28)7-5-8-22(20)29)25(35)16-34(24-10-6-9-23(30)26(24)31)39(37,38)19-13-11-17(2)12-14-19/h5-14,18H,4,15-16H2,1-3H3,(H,32,36)/t18-/m0/s1. The zero-order valence-electron chi connectivity index (χ0n) is 21.4. The molecule has 0 aliphatic carbocycles. The Morgan fingerprint density at radius 3 is 2.05 bits per heavy atom. The highest BCUT2D eigenvalue weighted by Crippen LogP contribution is 2.36. The number of halogens is 4. The van der Waals surface area contributed by atoms with Crippen LogP contribution in [0.3, 0.4) is 0 Å². The van der Waals surface area contributed by atoms with E-state index in [1.165, 1.54) is 35.2 Å². The number of likely N-dealkylation sites (N-methyl/N-ethyl adjacent to an activating group) is 1. The van der Waals surface area contributed by atoms with Crippen LogP contribution in [0.5, 0.6) is 0 Å². The fourth-order valence-electron chi connectivity index (χ4n) is 3.79. The predicted molar refractivity (Wildman–Crippen MR) is 157 cm³/mol. The van der Waals surface area contributed by atoms with Crippen LogP contribution in [-0.4, -0.2) is 44.3 Å². The van der Waals surface area contributed by atoms with Gasteiger partial charge in [0, 0.05) is 28.7 Å². The van der Waals surface area contributed by atoms with Crippen molar-refractivity contribution < 1.29 is 18.0 Å². The van der Waals surface area contributed by atoms with Crippen molar-refractivity contribution in [2.45, 2.75) is 38.3 Å². The van der Waals surface area contributed by atoms with Crippen molar-refractivity contribution in [2.24, 2.45) is 0 Å². The van der Waals surface area contributed by atoms with Gasteiger partial charge in [0.15, 0.2) is 0 Å². The lowest BCUT2D eigenvalue weighted by molar-refractivity contribution is -0.139. The molecule has 0 heterocycles. The highest BCUT2D eigenvalue weighted by Gasteiger charge is 2.34. The number of aryl methyl sites for hydroxylation is 1. The summed E-state index contributed by atoms with van der Waals surface area (Å²) in [7, 11) is -4.29. The van der Waals surface area contributed by atoms with Crippen molar-refractivity contribution in [3.05, 3.63) is 91.9 Å². The van der Waals surface area contributed by atoms with Crippen molar-refractivity contribution in [1.29, 1.82) is 0 Å². The van der Waals surface area contributed by atoms with E-state index < -0.39 is 34.4 Å². The third kappa shape index (κ3) is 7.18. The average molecular weight is 631 g/mol. The number of hydrogen-bond acceptors (Lipinski definition) is 4. The quantitative estimate of drug-likeness (QED) is 0.283. The number of sulfonamides is 1. The first-order valence-corrected chi connectivity index (χ1v) is 14.9. The van der Waals surface area contributed by atoms with E-state index >= 15 is 0 Å². The number of nitrogens with zero attached hydrogens (tertiary/aromatic N) is 2. The second kappa shape index (κ2) is 13.2. The Hall–Kier alpha value is -2.49. The molecular formula is C27H27Cl4N3O4S. The molecule has 2 amide bonds.